The number of aryl methyl sites for hydroxylation is 1. The fourth-order valence-corrected chi connectivity index (χ4v) is 2.22. The van der Waals surface area contributed by atoms with Gasteiger partial charge in [0.05, 0.1) is 11.6 Å². The highest BCUT2D eigenvalue weighted by Crippen LogP contribution is 2.15. The maximum Gasteiger partial charge on any atom is 0.274 e. The highest BCUT2D eigenvalue weighted by atomic mass is 16.1. The molecule has 1 aromatic heterocycles. The third kappa shape index (κ3) is 4.18. The number of nitrogens with zero attached hydrogens (tertiary/aromatic N) is 3. The highest BCUT2D eigenvalue weighted by Gasteiger charge is 2.09. The van der Waals surface area contributed by atoms with Gasteiger partial charge < -0.3 is 10.6 Å². The summed E-state index contributed by atoms with van der Waals surface area (Å²) in [5, 5.41) is 14.6. The van der Waals surface area contributed by atoms with Crippen LogP contribution in [0.4, 0.5) is 17.3 Å². The molecule has 2 aromatic carbocycles. The second-order valence-corrected chi connectivity index (χ2v) is 5.40. The van der Waals surface area contributed by atoms with Crippen LogP contribution in [0.1, 0.15) is 21.6 Å². The number of amides is 1. The molecule has 0 saturated heterocycles. The van der Waals surface area contributed by atoms with Gasteiger partial charge in [-0.3, -0.25) is 4.79 Å². The minimum atomic E-state index is -0.309. The minimum Gasteiger partial charge on any atom is -0.324 e. The Balaban J connectivity index is 1.74. The minimum absolute atomic E-state index is 0.257. The van der Waals surface area contributed by atoms with Crippen LogP contribution in [0.2, 0.25) is 0 Å². The normalized spacial score (nSPS) is 9.92. The third-order valence-electron chi connectivity index (χ3n) is 3.43. The van der Waals surface area contributed by atoms with Crippen LogP contribution >= 0.6 is 0 Å². The molecule has 6 nitrogen and oxygen atoms in total. The summed E-state index contributed by atoms with van der Waals surface area (Å²) < 4.78 is 0. The Morgan fingerprint density at radius 3 is 2.60 bits per heavy atom. The second-order valence-electron chi connectivity index (χ2n) is 5.40. The maximum atomic E-state index is 12.3. The van der Waals surface area contributed by atoms with Crippen molar-refractivity contribution < 1.29 is 4.79 Å². The van der Waals surface area contributed by atoms with E-state index in [1.54, 1.807) is 30.3 Å². The van der Waals surface area contributed by atoms with E-state index in [0.29, 0.717) is 17.2 Å². The molecule has 2 N–H and O–H groups in total. The van der Waals surface area contributed by atoms with Crippen molar-refractivity contribution in [2.45, 2.75) is 6.92 Å². The van der Waals surface area contributed by atoms with E-state index in [1.807, 2.05) is 31.2 Å². The number of hydrogen-bond donors (Lipinski definition) is 2. The molecule has 3 rings (SSSR count). The van der Waals surface area contributed by atoms with E-state index >= 15 is 0 Å². The highest BCUT2D eigenvalue weighted by molar-refractivity contribution is 6.03. The van der Waals surface area contributed by atoms with Gasteiger partial charge in [-0.05, 0) is 55.0 Å². The zero-order valence-corrected chi connectivity index (χ0v) is 13.5. The van der Waals surface area contributed by atoms with Crippen molar-refractivity contribution in [2.24, 2.45) is 0 Å². The Bertz CT molecular complexity index is 945. The Labute approximate surface area is 145 Å². The van der Waals surface area contributed by atoms with Crippen molar-refractivity contribution in [3.63, 3.8) is 0 Å². The SMILES string of the molecule is Cc1cccc(NC(=O)c2ccnc(Nc3ccc(C#N)cc3)n2)c1. The number of nitrogens with one attached hydrogen (secondary N) is 2. The quantitative estimate of drug-likeness (QED) is 0.762. The number of benzene rings is 2. The van der Waals surface area contributed by atoms with E-state index in [2.05, 4.69) is 26.7 Å². The molecule has 0 unspecified atom stereocenters. The summed E-state index contributed by atoms with van der Waals surface area (Å²) in [6, 6.07) is 18.0. The number of rotatable bonds is 4. The molecular formula is C19H15N5O. The van der Waals surface area contributed by atoms with Gasteiger partial charge in [0, 0.05) is 17.6 Å². The largest absolute Gasteiger partial charge is 0.324 e. The van der Waals surface area contributed by atoms with Gasteiger partial charge >= 0.3 is 0 Å². The molecule has 0 bridgehead atoms. The van der Waals surface area contributed by atoms with Crippen LogP contribution in [0.15, 0.2) is 60.8 Å². The number of anilines is 3. The summed E-state index contributed by atoms with van der Waals surface area (Å²) in [7, 11) is 0. The summed E-state index contributed by atoms with van der Waals surface area (Å²) in [4.78, 5) is 20.7. The van der Waals surface area contributed by atoms with Gasteiger partial charge in [-0.15, -0.1) is 0 Å². The lowest BCUT2D eigenvalue weighted by atomic mass is 10.2. The summed E-state index contributed by atoms with van der Waals surface area (Å²) >= 11 is 0. The van der Waals surface area contributed by atoms with E-state index in [-0.39, 0.29) is 11.6 Å². The lowest BCUT2D eigenvalue weighted by Crippen LogP contribution is -2.14. The molecule has 6 heteroatoms. The number of carbonyl (C=O) groups is 1. The first-order chi connectivity index (χ1) is 12.1. The molecule has 25 heavy (non-hydrogen) atoms. The van der Waals surface area contributed by atoms with E-state index in [4.69, 9.17) is 5.26 Å². The van der Waals surface area contributed by atoms with Crippen LogP contribution in [0.3, 0.4) is 0 Å². The third-order valence-corrected chi connectivity index (χ3v) is 3.43. The zero-order chi connectivity index (χ0) is 17.6. The number of carbonyl (C=O) groups excluding carboxylic acids is 1. The lowest BCUT2D eigenvalue weighted by Gasteiger charge is -2.08. The number of aromatic nitrogens is 2. The van der Waals surface area contributed by atoms with Gasteiger partial charge in [-0.25, -0.2) is 9.97 Å². The van der Waals surface area contributed by atoms with Gasteiger partial charge in [0.2, 0.25) is 5.95 Å². The fourth-order valence-electron chi connectivity index (χ4n) is 2.22. The van der Waals surface area contributed by atoms with E-state index in [1.165, 1.54) is 6.20 Å². The van der Waals surface area contributed by atoms with Gasteiger partial charge in [0.15, 0.2) is 0 Å². The summed E-state index contributed by atoms with van der Waals surface area (Å²) in [5.74, 6) is -0.00233. The van der Waals surface area contributed by atoms with Crippen LogP contribution in [0.25, 0.3) is 0 Å². The topological polar surface area (TPSA) is 90.7 Å². The van der Waals surface area contributed by atoms with Gasteiger partial charge in [0.1, 0.15) is 5.69 Å². The first kappa shape index (κ1) is 16.1. The summed E-state index contributed by atoms with van der Waals surface area (Å²) in [6.07, 6.45) is 1.52. The molecule has 1 heterocycles. The van der Waals surface area contributed by atoms with Crippen LogP contribution in [-0.4, -0.2) is 15.9 Å². The molecule has 0 aliphatic rings. The van der Waals surface area contributed by atoms with Crippen LogP contribution in [0.5, 0.6) is 0 Å². The summed E-state index contributed by atoms with van der Waals surface area (Å²) in [5.41, 5.74) is 3.33. The summed E-state index contributed by atoms with van der Waals surface area (Å²) in [6.45, 7) is 1.96. The van der Waals surface area contributed by atoms with E-state index in [0.717, 1.165) is 11.3 Å². The predicted octanol–water partition coefficient (Wildman–Crippen LogP) is 3.65. The van der Waals surface area contributed by atoms with Crippen molar-refractivity contribution in [3.8, 4) is 6.07 Å². The molecule has 3 aromatic rings. The monoisotopic (exact) mass is 329 g/mol. The van der Waals surface area contributed by atoms with Crippen molar-refractivity contribution in [3.05, 3.63) is 77.6 Å². The Morgan fingerprint density at radius 2 is 1.88 bits per heavy atom. The Hall–Kier alpha value is -3.72. The first-order valence-electron chi connectivity index (χ1n) is 7.62. The molecule has 0 fully saturated rings. The van der Waals surface area contributed by atoms with E-state index < -0.39 is 0 Å². The maximum absolute atomic E-state index is 12.3. The fraction of sp³-hybridized carbons (Fsp3) is 0.0526. The average Bonchev–Trinajstić information content (AvgIpc) is 2.62. The van der Waals surface area contributed by atoms with Crippen LogP contribution in [-0.2, 0) is 0 Å². The van der Waals surface area contributed by atoms with Gasteiger partial charge in [-0.1, -0.05) is 12.1 Å². The first-order valence-corrected chi connectivity index (χ1v) is 7.62. The molecule has 0 aliphatic heterocycles. The zero-order valence-electron chi connectivity index (χ0n) is 13.5. The molecule has 0 radical (unpaired) electrons. The Kier molecular flexibility index (Phi) is 4.67. The number of hydrogen-bond acceptors (Lipinski definition) is 5. The molecule has 122 valence electrons. The van der Waals surface area contributed by atoms with Crippen molar-refractivity contribution >= 4 is 23.2 Å². The van der Waals surface area contributed by atoms with Crippen LogP contribution in [0, 0.1) is 18.3 Å². The van der Waals surface area contributed by atoms with E-state index in [9.17, 15) is 4.79 Å². The van der Waals surface area contributed by atoms with Crippen molar-refractivity contribution in [2.75, 3.05) is 10.6 Å². The average molecular weight is 329 g/mol. The Morgan fingerprint density at radius 1 is 1.08 bits per heavy atom. The molecule has 0 atom stereocenters. The van der Waals surface area contributed by atoms with Gasteiger partial charge in [0.25, 0.3) is 5.91 Å². The van der Waals surface area contributed by atoms with Crippen LogP contribution < -0.4 is 10.6 Å². The molecule has 1 amide bonds. The number of nitriles is 1. The molecule has 0 aliphatic carbocycles. The van der Waals surface area contributed by atoms with Gasteiger partial charge in [-0.2, -0.15) is 5.26 Å². The van der Waals surface area contributed by atoms with Crippen molar-refractivity contribution in [1.82, 2.24) is 9.97 Å². The molecular weight excluding hydrogens is 314 g/mol. The standard InChI is InChI=1S/C19H15N5O/c1-13-3-2-4-16(11-13)22-18(25)17-9-10-21-19(24-17)23-15-7-5-14(12-20)6-8-15/h2-11H,1H3,(H,22,25)(H,21,23,24). The predicted molar refractivity (Wildman–Crippen MR) is 95.6 cm³/mol. The second kappa shape index (κ2) is 7.23. The smallest absolute Gasteiger partial charge is 0.274 e. The molecule has 0 saturated carbocycles. The van der Waals surface area contributed by atoms with Crippen molar-refractivity contribution in [1.29, 1.82) is 5.26 Å². The molecule has 0 spiro atoms. The lowest BCUT2D eigenvalue weighted by molar-refractivity contribution is 0.102.